The van der Waals surface area contributed by atoms with Crippen LogP contribution in [-0.4, -0.2) is 35.4 Å². The standard InChI is InChI=1S/C8H12O5/c9-6(10)5-8(7(11)12)1-3-13-4-2-8/h1-5H2,(H,9,10)(H,11,12). The largest absolute Gasteiger partial charge is 0.481 e. The molecular weight excluding hydrogens is 176 g/mol. The van der Waals surface area contributed by atoms with Crippen molar-refractivity contribution in [1.29, 1.82) is 0 Å². The van der Waals surface area contributed by atoms with Gasteiger partial charge in [-0.25, -0.2) is 0 Å². The highest BCUT2D eigenvalue weighted by atomic mass is 16.5. The molecule has 0 saturated carbocycles. The van der Waals surface area contributed by atoms with Crippen LogP contribution in [0.4, 0.5) is 0 Å². The van der Waals surface area contributed by atoms with Crippen molar-refractivity contribution in [1.82, 2.24) is 0 Å². The van der Waals surface area contributed by atoms with Gasteiger partial charge in [-0.15, -0.1) is 0 Å². The molecule has 1 saturated heterocycles. The van der Waals surface area contributed by atoms with Crippen molar-refractivity contribution in [2.45, 2.75) is 19.3 Å². The van der Waals surface area contributed by atoms with E-state index in [1.807, 2.05) is 0 Å². The van der Waals surface area contributed by atoms with E-state index in [4.69, 9.17) is 14.9 Å². The van der Waals surface area contributed by atoms with Crippen LogP contribution in [-0.2, 0) is 14.3 Å². The molecule has 0 amide bonds. The van der Waals surface area contributed by atoms with Gasteiger partial charge in [0.1, 0.15) is 0 Å². The fourth-order valence-electron chi connectivity index (χ4n) is 1.52. The number of hydrogen-bond acceptors (Lipinski definition) is 3. The summed E-state index contributed by atoms with van der Waals surface area (Å²) < 4.78 is 5.00. The molecule has 5 nitrogen and oxygen atoms in total. The average Bonchev–Trinajstić information content (AvgIpc) is 2.04. The summed E-state index contributed by atoms with van der Waals surface area (Å²) in [6, 6.07) is 0. The summed E-state index contributed by atoms with van der Waals surface area (Å²) in [7, 11) is 0. The van der Waals surface area contributed by atoms with Gasteiger partial charge in [0.15, 0.2) is 0 Å². The molecular formula is C8H12O5. The van der Waals surface area contributed by atoms with Crippen molar-refractivity contribution in [3.05, 3.63) is 0 Å². The Morgan fingerprint density at radius 3 is 2.15 bits per heavy atom. The Morgan fingerprint density at radius 2 is 1.77 bits per heavy atom. The zero-order chi connectivity index (χ0) is 9.90. The van der Waals surface area contributed by atoms with Gasteiger partial charge in [0.05, 0.1) is 11.8 Å². The molecule has 5 heteroatoms. The lowest BCUT2D eigenvalue weighted by Crippen LogP contribution is -2.39. The van der Waals surface area contributed by atoms with Crippen LogP contribution in [0.1, 0.15) is 19.3 Å². The summed E-state index contributed by atoms with van der Waals surface area (Å²) in [6.07, 6.45) is 0.259. The van der Waals surface area contributed by atoms with Crippen LogP contribution in [0.25, 0.3) is 0 Å². The second-order valence-corrected chi connectivity index (χ2v) is 3.27. The first-order chi connectivity index (χ1) is 6.07. The molecule has 1 aliphatic heterocycles. The topological polar surface area (TPSA) is 83.8 Å². The third-order valence-electron chi connectivity index (χ3n) is 2.39. The molecule has 0 radical (unpaired) electrons. The van der Waals surface area contributed by atoms with E-state index in [2.05, 4.69) is 0 Å². The highest BCUT2D eigenvalue weighted by molar-refractivity contribution is 5.81. The van der Waals surface area contributed by atoms with Crippen LogP contribution in [0.5, 0.6) is 0 Å². The minimum atomic E-state index is -1.11. The molecule has 1 heterocycles. The lowest BCUT2D eigenvalue weighted by atomic mass is 9.77. The van der Waals surface area contributed by atoms with E-state index in [1.165, 1.54) is 0 Å². The zero-order valence-corrected chi connectivity index (χ0v) is 7.15. The Bertz CT molecular complexity index is 217. The van der Waals surface area contributed by atoms with Gasteiger partial charge in [-0.3, -0.25) is 9.59 Å². The first-order valence-electron chi connectivity index (χ1n) is 4.10. The minimum absolute atomic E-state index is 0.286. The summed E-state index contributed by atoms with van der Waals surface area (Å²) in [5.41, 5.74) is -1.11. The number of aliphatic carboxylic acids is 2. The molecule has 0 atom stereocenters. The number of carbonyl (C=O) groups is 2. The van der Waals surface area contributed by atoms with Gasteiger partial charge in [-0.2, -0.15) is 0 Å². The van der Waals surface area contributed by atoms with E-state index in [-0.39, 0.29) is 19.3 Å². The maximum absolute atomic E-state index is 10.9. The van der Waals surface area contributed by atoms with Crippen molar-refractivity contribution < 1.29 is 24.5 Å². The summed E-state index contributed by atoms with van der Waals surface area (Å²) in [6.45, 7) is 0.666. The fourth-order valence-corrected chi connectivity index (χ4v) is 1.52. The minimum Gasteiger partial charge on any atom is -0.481 e. The third-order valence-corrected chi connectivity index (χ3v) is 2.39. The van der Waals surface area contributed by atoms with Gasteiger partial charge in [0.25, 0.3) is 0 Å². The Labute approximate surface area is 75.3 Å². The molecule has 0 aromatic rings. The molecule has 0 aliphatic carbocycles. The molecule has 1 rings (SSSR count). The average molecular weight is 188 g/mol. The van der Waals surface area contributed by atoms with Crippen LogP contribution < -0.4 is 0 Å². The van der Waals surface area contributed by atoms with Gasteiger partial charge >= 0.3 is 11.9 Å². The molecule has 1 aliphatic rings. The van der Waals surface area contributed by atoms with Gasteiger partial charge in [-0.1, -0.05) is 0 Å². The second kappa shape index (κ2) is 3.74. The van der Waals surface area contributed by atoms with Crippen LogP contribution in [0, 0.1) is 5.41 Å². The first-order valence-corrected chi connectivity index (χ1v) is 4.10. The second-order valence-electron chi connectivity index (χ2n) is 3.27. The summed E-state index contributed by atoms with van der Waals surface area (Å²) in [5.74, 6) is -2.09. The molecule has 0 aromatic heterocycles. The lowest BCUT2D eigenvalue weighted by Gasteiger charge is -2.31. The van der Waals surface area contributed by atoms with Crippen molar-refractivity contribution in [3.63, 3.8) is 0 Å². The van der Waals surface area contributed by atoms with Gasteiger partial charge in [0.2, 0.25) is 0 Å². The summed E-state index contributed by atoms with van der Waals surface area (Å²) >= 11 is 0. The van der Waals surface area contributed by atoms with E-state index in [0.717, 1.165) is 0 Å². The quantitative estimate of drug-likeness (QED) is 0.667. The molecule has 1 fully saturated rings. The van der Waals surface area contributed by atoms with Crippen LogP contribution in [0.15, 0.2) is 0 Å². The van der Waals surface area contributed by atoms with Crippen LogP contribution in [0.3, 0.4) is 0 Å². The Kier molecular flexibility index (Phi) is 2.87. The molecule has 74 valence electrons. The molecule has 2 N–H and O–H groups in total. The zero-order valence-electron chi connectivity index (χ0n) is 7.15. The number of carboxylic acids is 2. The van der Waals surface area contributed by atoms with E-state index in [9.17, 15) is 9.59 Å². The van der Waals surface area contributed by atoms with E-state index in [1.54, 1.807) is 0 Å². The normalized spacial score (nSPS) is 20.9. The Balaban J connectivity index is 2.73. The van der Waals surface area contributed by atoms with E-state index in [0.29, 0.717) is 13.2 Å². The molecule has 0 bridgehead atoms. The number of hydrogen-bond donors (Lipinski definition) is 2. The smallest absolute Gasteiger partial charge is 0.310 e. The Hall–Kier alpha value is -1.10. The lowest BCUT2D eigenvalue weighted by molar-refractivity contribution is -0.161. The number of carboxylic acid groups (broad SMARTS) is 2. The predicted octanol–water partition coefficient (Wildman–Crippen LogP) is 0.342. The van der Waals surface area contributed by atoms with Crippen LogP contribution >= 0.6 is 0 Å². The van der Waals surface area contributed by atoms with Crippen LogP contribution in [0.2, 0.25) is 0 Å². The highest BCUT2D eigenvalue weighted by Gasteiger charge is 2.42. The summed E-state index contributed by atoms with van der Waals surface area (Å²) in [4.78, 5) is 21.4. The Morgan fingerprint density at radius 1 is 1.23 bits per heavy atom. The fraction of sp³-hybridized carbons (Fsp3) is 0.750. The molecule has 0 aromatic carbocycles. The van der Waals surface area contributed by atoms with Gasteiger partial charge in [-0.05, 0) is 12.8 Å². The van der Waals surface area contributed by atoms with Gasteiger partial charge < -0.3 is 14.9 Å². The van der Waals surface area contributed by atoms with Crippen molar-refractivity contribution in [2.24, 2.45) is 5.41 Å². The SMILES string of the molecule is O=C(O)CC1(C(=O)O)CCOCC1. The maximum atomic E-state index is 10.9. The monoisotopic (exact) mass is 188 g/mol. The molecule has 13 heavy (non-hydrogen) atoms. The van der Waals surface area contributed by atoms with Crippen molar-refractivity contribution in [2.75, 3.05) is 13.2 Å². The first kappa shape index (κ1) is 9.98. The summed E-state index contributed by atoms with van der Waals surface area (Å²) in [5, 5.41) is 17.5. The predicted molar refractivity (Wildman–Crippen MR) is 42.4 cm³/mol. The third kappa shape index (κ3) is 2.18. The van der Waals surface area contributed by atoms with E-state index < -0.39 is 17.4 Å². The van der Waals surface area contributed by atoms with Crippen molar-refractivity contribution in [3.8, 4) is 0 Å². The van der Waals surface area contributed by atoms with E-state index >= 15 is 0 Å². The number of rotatable bonds is 3. The maximum Gasteiger partial charge on any atom is 0.310 e. The van der Waals surface area contributed by atoms with Gasteiger partial charge in [0, 0.05) is 13.2 Å². The van der Waals surface area contributed by atoms with Crippen molar-refractivity contribution >= 4 is 11.9 Å². The molecule has 0 unspecified atom stereocenters. The highest BCUT2D eigenvalue weighted by Crippen LogP contribution is 2.34. The molecule has 0 spiro atoms. The number of ether oxygens (including phenoxy) is 1.